The molecule has 0 radical (unpaired) electrons. The van der Waals surface area contributed by atoms with E-state index in [-0.39, 0.29) is 18.5 Å². The third kappa shape index (κ3) is 3.10. The Morgan fingerprint density at radius 2 is 2.00 bits per heavy atom. The molecule has 0 aliphatic heterocycles. The summed E-state index contributed by atoms with van der Waals surface area (Å²) in [6.45, 7) is 1.82. The van der Waals surface area contributed by atoms with Gasteiger partial charge in [-0.3, -0.25) is 4.79 Å². The highest BCUT2D eigenvalue weighted by atomic mass is 32.1. The summed E-state index contributed by atoms with van der Waals surface area (Å²) in [5.74, 6) is -0.189. The van der Waals surface area contributed by atoms with Crippen molar-refractivity contribution >= 4 is 28.6 Å². The Morgan fingerprint density at radius 3 is 2.65 bits per heavy atom. The predicted octanol–water partition coefficient (Wildman–Crippen LogP) is 1.77. The van der Waals surface area contributed by atoms with Gasteiger partial charge in [-0.2, -0.15) is 9.36 Å². The molecule has 3 aromatic heterocycles. The van der Waals surface area contributed by atoms with Crippen LogP contribution < -0.4 is 5.69 Å². The third-order valence-corrected chi connectivity index (χ3v) is 5.45. The maximum atomic E-state index is 12.4. The minimum atomic E-state index is -0.419. The zero-order chi connectivity index (χ0) is 16.4. The largest absolute Gasteiger partial charge is 0.369 e. The van der Waals surface area contributed by atoms with Crippen LogP contribution in [0.1, 0.15) is 17.8 Å². The van der Waals surface area contributed by atoms with E-state index in [1.54, 1.807) is 29.4 Å². The number of nitrogens with zero attached hydrogens (tertiary/aromatic N) is 5. The third-order valence-electron chi connectivity index (χ3n) is 3.57. The molecular formula is C14H15N5O2S2. The maximum absolute atomic E-state index is 12.4. The fourth-order valence-corrected chi connectivity index (χ4v) is 3.57. The minimum absolute atomic E-state index is 0.0504. The summed E-state index contributed by atoms with van der Waals surface area (Å²) in [5, 5.41) is 12.1. The van der Waals surface area contributed by atoms with E-state index < -0.39 is 5.69 Å². The van der Waals surface area contributed by atoms with Crippen LogP contribution in [0.5, 0.6) is 0 Å². The highest BCUT2D eigenvalue weighted by molar-refractivity contribution is 7.12. The second-order valence-electron chi connectivity index (χ2n) is 4.98. The first-order valence-electron chi connectivity index (χ1n) is 6.93. The molecule has 9 heteroatoms. The molecule has 0 unspecified atom stereocenters. The molecule has 1 atom stereocenters. The SMILES string of the molecule is C[C@H](c1cccs1)N(C)C(=O)Cn1nnn(-c2cccs2)c1=O. The van der Waals surface area contributed by atoms with Crippen molar-refractivity contribution in [1.82, 2.24) is 24.7 Å². The Bertz CT molecular complexity index is 835. The summed E-state index contributed by atoms with van der Waals surface area (Å²) in [6, 6.07) is 7.49. The second-order valence-corrected chi connectivity index (χ2v) is 6.88. The lowest BCUT2D eigenvalue weighted by molar-refractivity contribution is -0.132. The van der Waals surface area contributed by atoms with Gasteiger partial charge in [0.15, 0.2) is 0 Å². The maximum Gasteiger partial charge on any atom is 0.369 e. The van der Waals surface area contributed by atoms with Gasteiger partial charge in [-0.25, -0.2) is 4.79 Å². The Morgan fingerprint density at radius 1 is 1.26 bits per heavy atom. The van der Waals surface area contributed by atoms with Gasteiger partial charge in [0.1, 0.15) is 11.5 Å². The number of hydrogen-bond acceptors (Lipinski definition) is 6. The number of hydrogen-bond donors (Lipinski definition) is 0. The minimum Gasteiger partial charge on any atom is -0.337 e. The monoisotopic (exact) mass is 349 g/mol. The summed E-state index contributed by atoms with van der Waals surface area (Å²) in [5.41, 5.74) is -0.419. The molecule has 0 saturated heterocycles. The summed E-state index contributed by atoms with van der Waals surface area (Å²) >= 11 is 2.98. The van der Waals surface area contributed by atoms with E-state index in [1.165, 1.54) is 16.0 Å². The summed E-state index contributed by atoms with van der Waals surface area (Å²) < 4.78 is 2.28. The van der Waals surface area contributed by atoms with E-state index in [4.69, 9.17) is 0 Å². The van der Waals surface area contributed by atoms with Gasteiger partial charge in [-0.1, -0.05) is 6.07 Å². The molecule has 0 N–H and O–H groups in total. The molecule has 0 bridgehead atoms. The van der Waals surface area contributed by atoms with Crippen molar-refractivity contribution in [2.45, 2.75) is 19.5 Å². The van der Waals surface area contributed by atoms with Crippen LogP contribution in [0.4, 0.5) is 0 Å². The lowest BCUT2D eigenvalue weighted by Crippen LogP contribution is -2.36. The molecule has 120 valence electrons. The van der Waals surface area contributed by atoms with Gasteiger partial charge in [0, 0.05) is 11.9 Å². The number of amides is 1. The van der Waals surface area contributed by atoms with E-state index >= 15 is 0 Å². The molecule has 3 rings (SSSR count). The lowest BCUT2D eigenvalue weighted by Gasteiger charge is -2.23. The van der Waals surface area contributed by atoms with E-state index in [9.17, 15) is 9.59 Å². The van der Waals surface area contributed by atoms with Crippen LogP contribution in [0.15, 0.2) is 39.8 Å². The van der Waals surface area contributed by atoms with E-state index in [2.05, 4.69) is 10.4 Å². The highest BCUT2D eigenvalue weighted by Gasteiger charge is 2.20. The average Bonchev–Trinajstić information content (AvgIpc) is 3.28. The fourth-order valence-electron chi connectivity index (χ4n) is 2.08. The lowest BCUT2D eigenvalue weighted by atomic mass is 10.2. The van der Waals surface area contributed by atoms with E-state index in [0.717, 1.165) is 9.56 Å². The molecule has 3 aromatic rings. The summed E-state index contributed by atoms with van der Waals surface area (Å²) in [7, 11) is 1.72. The van der Waals surface area contributed by atoms with Gasteiger partial charge in [-0.15, -0.1) is 22.7 Å². The number of likely N-dealkylation sites (N-methyl/N-ethyl adjacent to an activating group) is 1. The Hall–Kier alpha value is -2.26. The van der Waals surface area contributed by atoms with Gasteiger partial charge in [0.05, 0.1) is 6.04 Å². The van der Waals surface area contributed by atoms with Crippen molar-refractivity contribution in [2.24, 2.45) is 0 Å². The average molecular weight is 349 g/mol. The number of carbonyl (C=O) groups is 1. The Balaban J connectivity index is 1.75. The number of carbonyl (C=O) groups excluding carboxylic acids is 1. The van der Waals surface area contributed by atoms with Gasteiger partial charge >= 0.3 is 5.69 Å². The number of tetrazole rings is 1. The van der Waals surface area contributed by atoms with Crippen LogP contribution in [0.3, 0.4) is 0 Å². The normalized spacial score (nSPS) is 12.3. The Labute approximate surface area is 140 Å². The standard InChI is InChI=1S/C14H15N5O2S2/c1-10(11-5-3-7-22-11)17(2)12(20)9-18-14(21)19(16-15-18)13-6-4-8-23-13/h3-8,10H,9H2,1-2H3/t10-/m1/s1. The number of rotatable bonds is 5. The van der Waals surface area contributed by atoms with Crippen LogP contribution >= 0.6 is 22.7 Å². The summed E-state index contributed by atoms with van der Waals surface area (Å²) in [4.78, 5) is 27.4. The first-order chi connectivity index (χ1) is 11.1. The molecular weight excluding hydrogens is 334 g/mol. The second kappa shape index (κ2) is 6.47. The smallest absolute Gasteiger partial charge is 0.337 e. The zero-order valence-corrected chi connectivity index (χ0v) is 14.3. The molecule has 0 aliphatic rings. The predicted molar refractivity (Wildman–Crippen MR) is 89.0 cm³/mol. The van der Waals surface area contributed by atoms with Crippen LogP contribution in [0.2, 0.25) is 0 Å². The van der Waals surface area contributed by atoms with Gasteiger partial charge < -0.3 is 4.90 Å². The molecule has 0 aliphatic carbocycles. The van der Waals surface area contributed by atoms with Crippen molar-refractivity contribution in [3.8, 4) is 5.00 Å². The van der Waals surface area contributed by atoms with Crippen molar-refractivity contribution in [2.75, 3.05) is 7.05 Å². The van der Waals surface area contributed by atoms with Crippen molar-refractivity contribution in [1.29, 1.82) is 0 Å². The van der Waals surface area contributed by atoms with Gasteiger partial charge in [0.25, 0.3) is 0 Å². The van der Waals surface area contributed by atoms with Crippen molar-refractivity contribution < 1.29 is 4.79 Å². The van der Waals surface area contributed by atoms with Crippen LogP contribution in [-0.2, 0) is 11.3 Å². The Kier molecular flexibility index (Phi) is 4.39. The first kappa shape index (κ1) is 15.6. The molecule has 7 nitrogen and oxygen atoms in total. The zero-order valence-electron chi connectivity index (χ0n) is 12.6. The molecule has 3 heterocycles. The molecule has 0 fully saturated rings. The van der Waals surface area contributed by atoms with E-state index in [1.807, 2.05) is 35.9 Å². The highest BCUT2D eigenvalue weighted by Crippen LogP contribution is 2.23. The molecule has 23 heavy (non-hydrogen) atoms. The number of aromatic nitrogens is 4. The summed E-state index contributed by atoms with van der Waals surface area (Å²) in [6.07, 6.45) is 0. The molecule has 0 saturated carbocycles. The topological polar surface area (TPSA) is 73.0 Å². The van der Waals surface area contributed by atoms with Crippen LogP contribution in [0, 0.1) is 0 Å². The molecule has 0 aromatic carbocycles. The first-order valence-corrected chi connectivity index (χ1v) is 8.69. The van der Waals surface area contributed by atoms with E-state index in [0.29, 0.717) is 5.00 Å². The fraction of sp³-hybridized carbons (Fsp3) is 0.286. The van der Waals surface area contributed by atoms with Gasteiger partial charge in [0.2, 0.25) is 5.91 Å². The molecule has 1 amide bonds. The van der Waals surface area contributed by atoms with Crippen molar-refractivity contribution in [3.05, 3.63) is 50.4 Å². The van der Waals surface area contributed by atoms with Crippen molar-refractivity contribution in [3.63, 3.8) is 0 Å². The van der Waals surface area contributed by atoms with Crippen LogP contribution in [-0.4, -0.2) is 37.6 Å². The number of thiophene rings is 2. The van der Waals surface area contributed by atoms with Crippen LogP contribution in [0.25, 0.3) is 5.00 Å². The quantitative estimate of drug-likeness (QED) is 0.704. The van der Waals surface area contributed by atoms with Gasteiger partial charge in [-0.05, 0) is 46.3 Å². The molecule has 0 spiro atoms.